The lowest BCUT2D eigenvalue weighted by molar-refractivity contribution is -0.136. The summed E-state index contributed by atoms with van der Waals surface area (Å²) in [6.07, 6.45) is 3.15. The minimum Gasteiger partial charge on any atom is -0.465 e. The summed E-state index contributed by atoms with van der Waals surface area (Å²) in [4.78, 5) is 34.8. The molecule has 0 saturated carbocycles. The average molecular weight is 505 g/mol. The zero-order chi connectivity index (χ0) is 22.9. The highest BCUT2D eigenvalue weighted by Crippen LogP contribution is 2.48. The van der Waals surface area contributed by atoms with Gasteiger partial charge in [-0.05, 0) is 48.3 Å². The van der Waals surface area contributed by atoms with Crippen molar-refractivity contribution < 1.29 is 19.4 Å². The second-order valence-electron chi connectivity index (χ2n) is 9.16. The Morgan fingerprint density at radius 3 is 2.59 bits per heavy atom. The molecular weight excluding hydrogens is 476 g/mol. The Balaban J connectivity index is 1.65. The number of rotatable bonds is 5. The first-order valence-corrected chi connectivity index (χ1v) is 11.8. The highest BCUT2D eigenvalue weighted by molar-refractivity contribution is 9.10. The van der Waals surface area contributed by atoms with Crippen molar-refractivity contribution in [2.24, 2.45) is 11.3 Å². The Labute approximate surface area is 195 Å². The van der Waals surface area contributed by atoms with Crippen molar-refractivity contribution in [1.29, 1.82) is 0 Å². The number of hydrogen-bond acceptors (Lipinski definition) is 4. The number of carbonyl (C=O) groups is 2. The zero-order valence-corrected chi connectivity index (χ0v) is 19.9. The smallest absolute Gasteiger partial charge is 0.405 e. The fraction of sp³-hybridized carbons (Fsp3) is 0.522. The summed E-state index contributed by atoms with van der Waals surface area (Å²) in [5.74, 6) is 0.371. The number of aromatic amines is 1. The van der Waals surface area contributed by atoms with Gasteiger partial charge in [-0.15, -0.1) is 0 Å². The maximum atomic E-state index is 13.6. The summed E-state index contributed by atoms with van der Waals surface area (Å²) in [7, 11) is 0. The van der Waals surface area contributed by atoms with Gasteiger partial charge in [0, 0.05) is 24.2 Å². The van der Waals surface area contributed by atoms with Gasteiger partial charge in [0.25, 0.3) is 0 Å². The van der Waals surface area contributed by atoms with E-state index in [0.29, 0.717) is 19.8 Å². The molecule has 2 aliphatic heterocycles. The van der Waals surface area contributed by atoms with Gasteiger partial charge in [-0.3, -0.25) is 4.79 Å². The Hall–Kier alpha value is -2.39. The number of amides is 2. The lowest BCUT2D eigenvalue weighted by atomic mass is 9.78. The monoisotopic (exact) mass is 504 g/mol. The standard InChI is InChI=1S/C23H29BrN4O4/c1-14(2)19(27-22(30)31)21(29)28-13-23(7-9-32-10-8-23)11-18(28)20-25-12-17(26-20)15-3-5-16(24)6-4-15/h3-6,12,14,18-19,27H,7-11,13H2,1-2H3,(H,25,26)(H,30,31)/t18?,19-/m0/s1. The lowest BCUT2D eigenvalue weighted by Gasteiger charge is -2.34. The Kier molecular flexibility index (Phi) is 6.57. The van der Waals surface area contributed by atoms with Crippen LogP contribution >= 0.6 is 15.9 Å². The lowest BCUT2D eigenvalue weighted by Crippen LogP contribution is -2.51. The fourth-order valence-corrected chi connectivity index (χ4v) is 5.07. The molecule has 2 atom stereocenters. The number of halogens is 1. The molecule has 2 saturated heterocycles. The SMILES string of the molecule is CC(C)[C@H](NC(=O)O)C(=O)N1CC2(CCOCC2)CC1c1ncc(-c2ccc(Br)cc2)[nH]1. The largest absolute Gasteiger partial charge is 0.465 e. The van der Waals surface area contributed by atoms with E-state index in [1.54, 1.807) is 6.20 Å². The van der Waals surface area contributed by atoms with E-state index >= 15 is 0 Å². The third-order valence-electron chi connectivity index (χ3n) is 6.62. The second kappa shape index (κ2) is 9.23. The molecule has 8 nitrogen and oxygen atoms in total. The van der Waals surface area contributed by atoms with Crippen LogP contribution in [0.1, 0.15) is 45.0 Å². The molecule has 1 spiro atoms. The molecule has 2 aromatic rings. The van der Waals surface area contributed by atoms with E-state index in [2.05, 4.69) is 31.2 Å². The van der Waals surface area contributed by atoms with Crippen molar-refractivity contribution in [1.82, 2.24) is 20.2 Å². The molecule has 2 aliphatic rings. The van der Waals surface area contributed by atoms with Crippen LogP contribution in [-0.2, 0) is 9.53 Å². The Morgan fingerprint density at radius 2 is 1.97 bits per heavy atom. The molecule has 172 valence electrons. The predicted molar refractivity (Wildman–Crippen MR) is 123 cm³/mol. The van der Waals surface area contributed by atoms with Crippen LogP contribution in [0.3, 0.4) is 0 Å². The molecule has 32 heavy (non-hydrogen) atoms. The predicted octanol–water partition coefficient (Wildman–Crippen LogP) is 4.20. The molecule has 0 radical (unpaired) electrons. The van der Waals surface area contributed by atoms with Gasteiger partial charge in [-0.25, -0.2) is 9.78 Å². The van der Waals surface area contributed by atoms with Crippen LogP contribution in [0.15, 0.2) is 34.9 Å². The van der Waals surface area contributed by atoms with Gasteiger partial charge >= 0.3 is 6.09 Å². The Bertz CT molecular complexity index is 969. The third-order valence-corrected chi connectivity index (χ3v) is 7.15. The van der Waals surface area contributed by atoms with Gasteiger partial charge < -0.3 is 25.0 Å². The number of imidazole rings is 1. The van der Waals surface area contributed by atoms with Gasteiger partial charge in [-0.2, -0.15) is 0 Å². The van der Waals surface area contributed by atoms with Crippen LogP contribution in [0.4, 0.5) is 4.79 Å². The summed E-state index contributed by atoms with van der Waals surface area (Å²) in [5, 5.41) is 11.7. The number of carbonyl (C=O) groups excluding carboxylic acids is 1. The molecule has 1 aromatic carbocycles. The maximum absolute atomic E-state index is 13.6. The van der Waals surface area contributed by atoms with Crippen LogP contribution in [0.25, 0.3) is 11.3 Å². The molecule has 2 fully saturated rings. The molecular formula is C23H29BrN4O4. The summed E-state index contributed by atoms with van der Waals surface area (Å²) in [5.41, 5.74) is 1.86. The summed E-state index contributed by atoms with van der Waals surface area (Å²) in [6.45, 7) is 5.65. The number of carboxylic acid groups (broad SMARTS) is 1. The molecule has 3 N–H and O–H groups in total. The number of H-pyrrole nitrogens is 1. The third kappa shape index (κ3) is 4.68. The fourth-order valence-electron chi connectivity index (χ4n) is 4.81. The van der Waals surface area contributed by atoms with Gasteiger partial charge in [-0.1, -0.05) is 41.9 Å². The summed E-state index contributed by atoms with van der Waals surface area (Å²) < 4.78 is 6.58. The van der Waals surface area contributed by atoms with Crippen LogP contribution < -0.4 is 5.32 Å². The Morgan fingerprint density at radius 1 is 1.28 bits per heavy atom. The van der Waals surface area contributed by atoms with E-state index in [1.165, 1.54) is 0 Å². The van der Waals surface area contributed by atoms with Gasteiger partial charge in [0.2, 0.25) is 5.91 Å². The number of nitrogens with zero attached hydrogens (tertiary/aromatic N) is 2. The van der Waals surface area contributed by atoms with Crippen molar-refractivity contribution in [2.75, 3.05) is 19.8 Å². The van der Waals surface area contributed by atoms with E-state index < -0.39 is 12.1 Å². The number of aromatic nitrogens is 2. The highest BCUT2D eigenvalue weighted by Gasteiger charge is 2.49. The van der Waals surface area contributed by atoms with E-state index in [9.17, 15) is 14.7 Å². The minimum atomic E-state index is -1.19. The number of nitrogens with one attached hydrogen (secondary N) is 2. The number of ether oxygens (including phenoxy) is 1. The van der Waals surface area contributed by atoms with Crippen LogP contribution in [0.2, 0.25) is 0 Å². The molecule has 1 aromatic heterocycles. The van der Waals surface area contributed by atoms with Gasteiger partial charge in [0.05, 0.1) is 17.9 Å². The average Bonchev–Trinajstić information content (AvgIpc) is 3.38. The molecule has 3 heterocycles. The summed E-state index contributed by atoms with van der Waals surface area (Å²) >= 11 is 3.46. The highest BCUT2D eigenvalue weighted by atomic mass is 79.9. The van der Waals surface area contributed by atoms with Crippen molar-refractivity contribution in [3.8, 4) is 11.3 Å². The topological polar surface area (TPSA) is 108 Å². The number of benzene rings is 1. The van der Waals surface area contributed by atoms with Crippen LogP contribution in [0.5, 0.6) is 0 Å². The molecule has 2 amide bonds. The van der Waals surface area contributed by atoms with Gasteiger partial charge in [0.1, 0.15) is 11.9 Å². The van der Waals surface area contributed by atoms with Crippen LogP contribution in [-0.4, -0.2) is 57.8 Å². The van der Waals surface area contributed by atoms with Crippen molar-refractivity contribution in [3.05, 3.63) is 40.8 Å². The van der Waals surface area contributed by atoms with Crippen molar-refractivity contribution >= 4 is 27.9 Å². The molecule has 1 unspecified atom stereocenters. The van der Waals surface area contributed by atoms with E-state index in [4.69, 9.17) is 4.74 Å². The number of hydrogen-bond donors (Lipinski definition) is 3. The molecule has 0 bridgehead atoms. The normalized spacial score (nSPS) is 21.1. The van der Waals surface area contributed by atoms with Crippen LogP contribution in [0, 0.1) is 11.3 Å². The first-order chi connectivity index (χ1) is 15.3. The summed E-state index contributed by atoms with van der Waals surface area (Å²) in [6, 6.07) is 6.92. The van der Waals surface area contributed by atoms with E-state index in [0.717, 1.165) is 40.8 Å². The minimum absolute atomic E-state index is 0.0338. The van der Waals surface area contributed by atoms with Crippen molar-refractivity contribution in [2.45, 2.75) is 45.2 Å². The first-order valence-electron chi connectivity index (χ1n) is 11.0. The van der Waals surface area contributed by atoms with Gasteiger partial charge in [0.15, 0.2) is 0 Å². The molecule has 9 heteroatoms. The number of likely N-dealkylation sites (tertiary alicyclic amines) is 1. The van der Waals surface area contributed by atoms with E-state index in [-0.39, 0.29) is 23.3 Å². The molecule has 0 aliphatic carbocycles. The maximum Gasteiger partial charge on any atom is 0.405 e. The zero-order valence-electron chi connectivity index (χ0n) is 18.3. The quantitative estimate of drug-likeness (QED) is 0.565. The van der Waals surface area contributed by atoms with E-state index in [1.807, 2.05) is 43.0 Å². The second-order valence-corrected chi connectivity index (χ2v) is 10.1. The molecule has 4 rings (SSSR count). The first kappa shape index (κ1) is 22.8. The van der Waals surface area contributed by atoms with Crippen molar-refractivity contribution in [3.63, 3.8) is 0 Å².